The Morgan fingerprint density at radius 2 is 1.86 bits per heavy atom. The highest BCUT2D eigenvalue weighted by Gasteiger charge is 2.19. The van der Waals surface area contributed by atoms with Crippen LogP contribution in [-0.4, -0.2) is 25.3 Å². The summed E-state index contributed by atoms with van der Waals surface area (Å²) in [6.45, 7) is 6.28. The molecule has 6 nitrogen and oxygen atoms in total. The van der Waals surface area contributed by atoms with Crippen LogP contribution in [0.3, 0.4) is 0 Å². The number of nitrogens with zero attached hydrogens (tertiary/aromatic N) is 2. The van der Waals surface area contributed by atoms with Gasteiger partial charge in [-0.1, -0.05) is 0 Å². The second-order valence-electron chi connectivity index (χ2n) is 4.64. The van der Waals surface area contributed by atoms with E-state index in [1.54, 1.807) is 23.7 Å². The van der Waals surface area contributed by atoms with Crippen LogP contribution in [0.2, 0.25) is 0 Å². The number of hydrogen-bond donors (Lipinski definition) is 1. The molecule has 114 valence electrons. The smallest absolute Gasteiger partial charge is 0.262 e. The van der Waals surface area contributed by atoms with E-state index < -0.39 is 10.0 Å². The van der Waals surface area contributed by atoms with Gasteiger partial charge in [-0.25, -0.2) is 8.42 Å². The van der Waals surface area contributed by atoms with E-state index in [4.69, 9.17) is 4.74 Å². The molecular weight excluding hydrogens is 290 g/mol. The molecule has 0 aliphatic heterocycles. The molecule has 1 N–H and O–H groups in total. The van der Waals surface area contributed by atoms with Gasteiger partial charge in [-0.05, 0) is 45.0 Å². The van der Waals surface area contributed by atoms with Gasteiger partial charge in [0.2, 0.25) is 0 Å². The van der Waals surface area contributed by atoms with Crippen molar-refractivity contribution in [2.24, 2.45) is 0 Å². The number of nitrogens with one attached hydrogen (secondary N) is 1. The number of aryl methyl sites for hydroxylation is 2. The maximum atomic E-state index is 12.4. The molecule has 2 aromatic rings. The summed E-state index contributed by atoms with van der Waals surface area (Å²) >= 11 is 0. The zero-order valence-electron chi connectivity index (χ0n) is 12.5. The normalized spacial score (nSPS) is 11.4. The van der Waals surface area contributed by atoms with Crippen LogP contribution in [0, 0.1) is 13.8 Å². The Bertz CT molecular complexity index is 734. The van der Waals surface area contributed by atoms with Gasteiger partial charge in [-0.15, -0.1) is 0 Å². The predicted molar refractivity (Wildman–Crippen MR) is 81.2 cm³/mol. The summed E-state index contributed by atoms with van der Waals surface area (Å²) in [4.78, 5) is 0.186. The van der Waals surface area contributed by atoms with Crippen molar-refractivity contribution < 1.29 is 13.2 Å². The monoisotopic (exact) mass is 309 g/mol. The van der Waals surface area contributed by atoms with E-state index in [1.807, 2.05) is 13.8 Å². The molecule has 1 aromatic carbocycles. The largest absolute Gasteiger partial charge is 0.497 e. The lowest BCUT2D eigenvalue weighted by molar-refractivity contribution is 0.414. The average Bonchev–Trinajstić information content (AvgIpc) is 2.74. The van der Waals surface area contributed by atoms with E-state index in [1.165, 1.54) is 19.2 Å². The minimum atomic E-state index is -3.64. The van der Waals surface area contributed by atoms with Crippen LogP contribution in [0.15, 0.2) is 29.2 Å². The topological polar surface area (TPSA) is 73.2 Å². The Labute approximate surface area is 124 Å². The number of ether oxygens (including phenoxy) is 1. The van der Waals surface area contributed by atoms with E-state index in [2.05, 4.69) is 9.82 Å². The van der Waals surface area contributed by atoms with Crippen molar-refractivity contribution >= 4 is 15.7 Å². The van der Waals surface area contributed by atoms with E-state index in [9.17, 15) is 8.42 Å². The Morgan fingerprint density at radius 3 is 2.33 bits per heavy atom. The van der Waals surface area contributed by atoms with Crippen LogP contribution in [0.25, 0.3) is 0 Å². The van der Waals surface area contributed by atoms with Crippen molar-refractivity contribution in [3.05, 3.63) is 35.7 Å². The Balaban J connectivity index is 2.35. The van der Waals surface area contributed by atoms with Crippen molar-refractivity contribution in [1.29, 1.82) is 0 Å². The highest BCUT2D eigenvalue weighted by Crippen LogP contribution is 2.24. The van der Waals surface area contributed by atoms with Crippen molar-refractivity contribution in [3.8, 4) is 5.75 Å². The molecule has 0 fully saturated rings. The molecule has 7 heteroatoms. The number of methoxy groups -OCH3 is 1. The summed E-state index contributed by atoms with van der Waals surface area (Å²) in [7, 11) is -2.10. The first-order valence-electron chi connectivity index (χ1n) is 6.60. The van der Waals surface area contributed by atoms with Crippen LogP contribution < -0.4 is 9.46 Å². The van der Waals surface area contributed by atoms with Gasteiger partial charge in [0, 0.05) is 6.54 Å². The third kappa shape index (κ3) is 3.02. The molecule has 21 heavy (non-hydrogen) atoms. The third-order valence-electron chi connectivity index (χ3n) is 3.29. The Kier molecular flexibility index (Phi) is 4.22. The molecule has 2 rings (SSSR count). The molecular formula is C14H19N3O3S. The first-order chi connectivity index (χ1) is 9.89. The summed E-state index contributed by atoms with van der Waals surface area (Å²) < 4.78 is 34.2. The second-order valence-corrected chi connectivity index (χ2v) is 6.33. The van der Waals surface area contributed by atoms with Crippen LogP contribution in [-0.2, 0) is 16.6 Å². The number of sulfonamides is 1. The molecule has 0 atom stereocenters. The first-order valence-corrected chi connectivity index (χ1v) is 8.08. The minimum absolute atomic E-state index is 0.186. The van der Waals surface area contributed by atoms with Gasteiger partial charge in [0.05, 0.1) is 29.1 Å². The van der Waals surface area contributed by atoms with Crippen molar-refractivity contribution in [2.45, 2.75) is 32.2 Å². The fourth-order valence-corrected chi connectivity index (χ4v) is 3.28. The zero-order chi connectivity index (χ0) is 15.6. The summed E-state index contributed by atoms with van der Waals surface area (Å²) in [5, 5.41) is 4.30. The van der Waals surface area contributed by atoms with Gasteiger partial charge in [-0.2, -0.15) is 5.10 Å². The molecule has 0 saturated heterocycles. The summed E-state index contributed by atoms with van der Waals surface area (Å²) in [6, 6.07) is 6.25. The molecule has 1 heterocycles. The van der Waals surface area contributed by atoms with Gasteiger partial charge in [-0.3, -0.25) is 9.40 Å². The van der Waals surface area contributed by atoms with E-state index in [-0.39, 0.29) is 4.90 Å². The number of aromatic nitrogens is 2. The van der Waals surface area contributed by atoms with Crippen LogP contribution in [0.5, 0.6) is 5.75 Å². The zero-order valence-corrected chi connectivity index (χ0v) is 13.4. The Hall–Kier alpha value is -2.02. The summed E-state index contributed by atoms with van der Waals surface area (Å²) in [5.74, 6) is 0.611. The highest BCUT2D eigenvalue weighted by molar-refractivity contribution is 7.92. The first kappa shape index (κ1) is 15.4. The van der Waals surface area contributed by atoms with Gasteiger partial charge in [0.15, 0.2) is 0 Å². The molecule has 0 unspecified atom stereocenters. The number of anilines is 1. The average molecular weight is 309 g/mol. The quantitative estimate of drug-likeness (QED) is 0.920. The molecule has 0 amide bonds. The number of hydrogen-bond acceptors (Lipinski definition) is 4. The van der Waals surface area contributed by atoms with Crippen molar-refractivity contribution in [2.75, 3.05) is 11.8 Å². The van der Waals surface area contributed by atoms with Gasteiger partial charge in [0.25, 0.3) is 10.0 Å². The van der Waals surface area contributed by atoms with Gasteiger partial charge >= 0.3 is 0 Å². The van der Waals surface area contributed by atoms with E-state index >= 15 is 0 Å². The van der Waals surface area contributed by atoms with Crippen LogP contribution in [0.1, 0.15) is 18.3 Å². The van der Waals surface area contributed by atoms with Crippen LogP contribution >= 0.6 is 0 Å². The molecule has 0 bridgehead atoms. The number of rotatable bonds is 5. The lowest BCUT2D eigenvalue weighted by Crippen LogP contribution is -2.14. The molecule has 1 aromatic heterocycles. The molecule has 0 radical (unpaired) electrons. The molecule has 0 spiro atoms. The minimum Gasteiger partial charge on any atom is -0.497 e. The molecule has 0 aliphatic carbocycles. The van der Waals surface area contributed by atoms with Crippen molar-refractivity contribution in [3.63, 3.8) is 0 Å². The predicted octanol–water partition coefficient (Wildman–Crippen LogP) is 2.33. The lowest BCUT2D eigenvalue weighted by atomic mass is 10.3. The van der Waals surface area contributed by atoms with E-state index in [0.717, 1.165) is 5.69 Å². The molecule has 0 saturated carbocycles. The fraction of sp³-hybridized carbons (Fsp3) is 0.357. The SMILES string of the molecule is CCn1nc(C)c(NS(=O)(=O)c2ccc(OC)cc2)c1C. The highest BCUT2D eigenvalue weighted by atomic mass is 32.2. The Morgan fingerprint density at radius 1 is 1.24 bits per heavy atom. The maximum Gasteiger partial charge on any atom is 0.262 e. The van der Waals surface area contributed by atoms with Gasteiger partial charge < -0.3 is 4.74 Å². The van der Waals surface area contributed by atoms with Crippen LogP contribution in [0.4, 0.5) is 5.69 Å². The molecule has 0 aliphatic rings. The van der Waals surface area contributed by atoms with E-state index in [0.29, 0.717) is 23.7 Å². The second kappa shape index (κ2) is 5.77. The van der Waals surface area contributed by atoms with Gasteiger partial charge in [0.1, 0.15) is 5.75 Å². The summed E-state index contributed by atoms with van der Waals surface area (Å²) in [5.41, 5.74) is 1.99. The van der Waals surface area contributed by atoms with Crippen molar-refractivity contribution in [1.82, 2.24) is 9.78 Å². The standard InChI is InChI=1S/C14H19N3O3S/c1-5-17-11(3)14(10(2)15-17)16-21(18,19)13-8-6-12(20-4)7-9-13/h6-9,16H,5H2,1-4H3. The third-order valence-corrected chi connectivity index (χ3v) is 4.65. The summed E-state index contributed by atoms with van der Waals surface area (Å²) in [6.07, 6.45) is 0. The maximum absolute atomic E-state index is 12.4. The lowest BCUT2D eigenvalue weighted by Gasteiger charge is -2.09. The number of benzene rings is 1. The fourth-order valence-electron chi connectivity index (χ4n) is 2.10.